The SMILES string of the molecule is O=C(O)c1cnn(-c2ccccc2O)c1-c1cccs1. The molecule has 0 aliphatic rings. The molecule has 0 amide bonds. The quantitative estimate of drug-likeness (QED) is 0.776. The fourth-order valence-corrected chi connectivity index (χ4v) is 2.75. The number of hydrogen-bond donors (Lipinski definition) is 2. The van der Waals surface area contributed by atoms with Crippen molar-refractivity contribution in [2.45, 2.75) is 0 Å². The molecule has 0 saturated carbocycles. The minimum absolute atomic E-state index is 0.0466. The van der Waals surface area contributed by atoms with E-state index in [-0.39, 0.29) is 11.3 Å². The Hall–Kier alpha value is -2.60. The largest absolute Gasteiger partial charge is 0.506 e. The maximum atomic E-state index is 11.3. The molecule has 2 N–H and O–H groups in total. The third-order valence-corrected chi connectivity index (χ3v) is 3.74. The fraction of sp³-hybridized carbons (Fsp3) is 0. The first-order valence-corrected chi connectivity index (χ1v) is 6.70. The number of carbonyl (C=O) groups is 1. The van der Waals surface area contributed by atoms with E-state index in [1.54, 1.807) is 18.2 Å². The molecule has 0 fully saturated rings. The van der Waals surface area contributed by atoms with E-state index in [0.29, 0.717) is 11.4 Å². The third kappa shape index (κ3) is 1.96. The lowest BCUT2D eigenvalue weighted by molar-refractivity contribution is 0.0698. The molecular formula is C14H10N2O3S. The van der Waals surface area contributed by atoms with E-state index < -0.39 is 5.97 Å². The van der Waals surface area contributed by atoms with Gasteiger partial charge in [-0.25, -0.2) is 9.48 Å². The second-order valence-corrected chi connectivity index (χ2v) is 5.04. The average Bonchev–Trinajstić information content (AvgIpc) is 3.07. The molecule has 2 aromatic heterocycles. The third-order valence-electron chi connectivity index (χ3n) is 2.86. The van der Waals surface area contributed by atoms with Gasteiger partial charge in [-0.3, -0.25) is 0 Å². The van der Waals surface area contributed by atoms with Gasteiger partial charge in [-0.05, 0) is 23.6 Å². The zero-order valence-corrected chi connectivity index (χ0v) is 11.0. The van der Waals surface area contributed by atoms with Crippen LogP contribution in [0.15, 0.2) is 48.0 Å². The number of carboxylic acids is 1. The summed E-state index contributed by atoms with van der Waals surface area (Å²) in [5.74, 6) is -1.000. The maximum absolute atomic E-state index is 11.3. The van der Waals surface area contributed by atoms with Gasteiger partial charge in [-0.15, -0.1) is 11.3 Å². The number of phenolic OH excluding ortho intramolecular Hbond substituents is 1. The summed E-state index contributed by atoms with van der Waals surface area (Å²) in [5, 5.41) is 25.2. The fourth-order valence-electron chi connectivity index (χ4n) is 1.98. The molecule has 3 aromatic rings. The molecule has 2 heterocycles. The molecule has 0 radical (unpaired) electrons. The Morgan fingerprint density at radius 2 is 2.00 bits per heavy atom. The van der Waals surface area contributed by atoms with Crippen molar-refractivity contribution < 1.29 is 15.0 Å². The number of aromatic hydroxyl groups is 1. The van der Waals surface area contributed by atoms with E-state index in [4.69, 9.17) is 0 Å². The van der Waals surface area contributed by atoms with Crippen LogP contribution in [0.4, 0.5) is 0 Å². The van der Waals surface area contributed by atoms with Crippen LogP contribution in [0.5, 0.6) is 5.75 Å². The van der Waals surface area contributed by atoms with Crippen molar-refractivity contribution in [3.63, 3.8) is 0 Å². The molecule has 100 valence electrons. The number of nitrogens with zero attached hydrogens (tertiary/aromatic N) is 2. The van der Waals surface area contributed by atoms with Crippen molar-refractivity contribution in [1.82, 2.24) is 9.78 Å². The Balaban J connectivity index is 2.28. The second kappa shape index (κ2) is 4.82. The number of phenols is 1. The van der Waals surface area contributed by atoms with Crippen LogP contribution in [0, 0.1) is 0 Å². The molecule has 0 aliphatic heterocycles. The number of aromatic nitrogens is 2. The predicted octanol–water partition coefficient (Wildman–Crippen LogP) is 3.00. The van der Waals surface area contributed by atoms with Crippen molar-refractivity contribution in [3.05, 3.63) is 53.5 Å². The van der Waals surface area contributed by atoms with Crippen LogP contribution in [-0.4, -0.2) is 26.0 Å². The molecule has 0 saturated heterocycles. The maximum Gasteiger partial charge on any atom is 0.339 e. The standard InChI is InChI=1S/C14H10N2O3S/c17-11-5-2-1-4-10(11)16-13(12-6-3-7-20-12)9(8-15-16)14(18)19/h1-8,17H,(H,18,19). The van der Waals surface area contributed by atoms with Crippen LogP contribution in [0.25, 0.3) is 16.3 Å². The number of aromatic carboxylic acids is 1. The lowest BCUT2D eigenvalue weighted by Crippen LogP contribution is -2.02. The molecule has 0 spiro atoms. The molecule has 6 heteroatoms. The number of thiophene rings is 1. The van der Waals surface area contributed by atoms with Crippen LogP contribution in [0.2, 0.25) is 0 Å². The molecule has 1 aromatic carbocycles. The highest BCUT2D eigenvalue weighted by Gasteiger charge is 2.21. The summed E-state index contributed by atoms with van der Waals surface area (Å²) >= 11 is 1.42. The Morgan fingerprint density at radius 1 is 1.20 bits per heavy atom. The number of para-hydroxylation sites is 2. The van der Waals surface area contributed by atoms with Crippen LogP contribution in [-0.2, 0) is 0 Å². The van der Waals surface area contributed by atoms with Gasteiger partial charge < -0.3 is 10.2 Å². The van der Waals surface area contributed by atoms with Crippen LogP contribution < -0.4 is 0 Å². The zero-order valence-electron chi connectivity index (χ0n) is 10.2. The minimum atomic E-state index is -1.05. The number of carboxylic acid groups (broad SMARTS) is 1. The molecule has 5 nitrogen and oxygen atoms in total. The van der Waals surface area contributed by atoms with Gasteiger partial charge in [-0.2, -0.15) is 5.10 Å². The van der Waals surface area contributed by atoms with E-state index >= 15 is 0 Å². The van der Waals surface area contributed by atoms with Crippen LogP contribution in [0.3, 0.4) is 0 Å². The van der Waals surface area contributed by atoms with E-state index in [2.05, 4.69) is 5.10 Å². The topological polar surface area (TPSA) is 75.3 Å². The Labute approximate surface area is 118 Å². The van der Waals surface area contributed by atoms with E-state index in [0.717, 1.165) is 4.88 Å². The van der Waals surface area contributed by atoms with Crippen molar-refractivity contribution in [1.29, 1.82) is 0 Å². The second-order valence-electron chi connectivity index (χ2n) is 4.09. The first-order chi connectivity index (χ1) is 9.68. The molecule has 0 bridgehead atoms. The van der Waals surface area contributed by atoms with Gasteiger partial charge in [0.2, 0.25) is 0 Å². The van der Waals surface area contributed by atoms with Crippen molar-refractivity contribution >= 4 is 17.3 Å². The molecule has 0 aliphatic carbocycles. The van der Waals surface area contributed by atoms with Gasteiger partial charge in [-0.1, -0.05) is 18.2 Å². The summed E-state index contributed by atoms with van der Waals surface area (Å²) < 4.78 is 1.45. The summed E-state index contributed by atoms with van der Waals surface area (Å²) in [6, 6.07) is 10.3. The minimum Gasteiger partial charge on any atom is -0.506 e. The van der Waals surface area contributed by atoms with Gasteiger partial charge >= 0.3 is 5.97 Å². The van der Waals surface area contributed by atoms with Gasteiger partial charge in [0, 0.05) is 0 Å². The normalized spacial score (nSPS) is 10.6. The Bertz CT molecular complexity index is 763. The lowest BCUT2D eigenvalue weighted by atomic mass is 10.2. The van der Waals surface area contributed by atoms with Crippen LogP contribution in [0.1, 0.15) is 10.4 Å². The van der Waals surface area contributed by atoms with Crippen molar-refractivity contribution in [3.8, 4) is 22.0 Å². The monoisotopic (exact) mass is 286 g/mol. The summed E-state index contributed by atoms with van der Waals surface area (Å²) in [5.41, 5.74) is 1.02. The molecule has 0 atom stereocenters. The van der Waals surface area contributed by atoms with Gasteiger partial charge in [0.15, 0.2) is 0 Å². The summed E-state index contributed by atoms with van der Waals surface area (Å²) in [6.45, 7) is 0. The number of hydrogen-bond acceptors (Lipinski definition) is 4. The van der Waals surface area contributed by atoms with E-state index in [9.17, 15) is 15.0 Å². The van der Waals surface area contributed by atoms with Crippen molar-refractivity contribution in [2.75, 3.05) is 0 Å². The lowest BCUT2D eigenvalue weighted by Gasteiger charge is -2.08. The molecule has 0 unspecified atom stereocenters. The van der Waals surface area contributed by atoms with Crippen molar-refractivity contribution in [2.24, 2.45) is 0 Å². The molecule has 20 heavy (non-hydrogen) atoms. The highest BCUT2D eigenvalue weighted by Crippen LogP contribution is 2.32. The van der Waals surface area contributed by atoms with Gasteiger partial charge in [0.05, 0.1) is 16.8 Å². The number of benzene rings is 1. The summed E-state index contributed by atoms with van der Waals surface area (Å²) in [7, 11) is 0. The Kier molecular flexibility index (Phi) is 3.00. The first kappa shape index (κ1) is 12.4. The first-order valence-electron chi connectivity index (χ1n) is 5.82. The van der Waals surface area contributed by atoms with Crippen LogP contribution >= 0.6 is 11.3 Å². The zero-order chi connectivity index (χ0) is 14.1. The predicted molar refractivity (Wildman–Crippen MR) is 75.5 cm³/mol. The summed E-state index contributed by atoms with van der Waals surface area (Å²) in [4.78, 5) is 12.1. The Morgan fingerprint density at radius 3 is 2.65 bits per heavy atom. The van der Waals surface area contributed by atoms with Gasteiger partial charge in [0.1, 0.15) is 17.0 Å². The molecule has 3 rings (SSSR count). The van der Waals surface area contributed by atoms with E-state index in [1.807, 2.05) is 17.5 Å². The smallest absolute Gasteiger partial charge is 0.339 e. The number of rotatable bonds is 3. The average molecular weight is 286 g/mol. The van der Waals surface area contributed by atoms with E-state index in [1.165, 1.54) is 28.3 Å². The van der Waals surface area contributed by atoms with Gasteiger partial charge in [0.25, 0.3) is 0 Å². The highest BCUT2D eigenvalue weighted by atomic mass is 32.1. The summed E-state index contributed by atoms with van der Waals surface area (Å²) in [6.07, 6.45) is 1.30. The molecular weight excluding hydrogens is 276 g/mol. The highest BCUT2D eigenvalue weighted by molar-refractivity contribution is 7.13.